The van der Waals surface area contributed by atoms with E-state index < -0.39 is 0 Å². The summed E-state index contributed by atoms with van der Waals surface area (Å²) in [5.41, 5.74) is 0. The average Bonchev–Trinajstić information content (AvgIpc) is 1.97. The molecular weight excluding hydrogens is 612 g/mol. The van der Waals surface area contributed by atoms with Gasteiger partial charge in [0, 0.05) is 19.2 Å². The van der Waals surface area contributed by atoms with Gasteiger partial charge in [-0.05, 0) is 96.4 Å². The van der Waals surface area contributed by atoms with Gasteiger partial charge < -0.3 is 0 Å². The first-order valence-electron chi connectivity index (χ1n) is 2.56. The Balaban J connectivity index is 3.46. The van der Waals surface area contributed by atoms with Crippen molar-refractivity contribution in [1.82, 2.24) is 0 Å². The zero-order chi connectivity index (χ0) is 8.59. The molecule has 1 rings (SSSR count). The number of benzene rings is 1. The minimum absolute atomic E-state index is 1.07. The van der Waals surface area contributed by atoms with Crippen LogP contribution in [-0.4, -0.2) is 0 Å². The van der Waals surface area contributed by atoms with Crippen molar-refractivity contribution < 1.29 is 0 Å². The Morgan fingerprint density at radius 3 is 2.00 bits per heavy atom. The molecule has 0 saturated heterocycles. The van der Waals surface area contributed by atoms with Crippen molar-refractivity contribution in [1.29, 1.82) is 0 Å². The molecule has 0 amide bonds. The van der Waals surface area contributed by atoms with Gasteiger partial charge in [-0.15, -0.1) is 12.6 Å². The zero-order valence-electron chi connectivity index (χ0n) is 5.04. The van der Waals surface area contributed by atoms with Crippen LogP contribution >= 0.6 is 103 Å². The fraction of sp³-hybridized carbons (Fsp3) is 0. The summed E-state index contributed by atoms with van der Waals surface area (Å²) < 4.78 is 5.15. The third-order valence-corrected chi connectivity index (χ3v) is 9.13. The van der Waals surface area contributed by atoms with E-state index in [1.165, 1.54) is 14.3 Å². The molecule has 11 heavy (non-hydrogen) atoms. The molecule has 0 heterocycles. The first kappa shape index (κ1) is 11.6. The highest BCUT2D eigenvalue weighted by atomic mass is 127. The molecule has 1 aromatic rings. The number of thiol groups is 1. The van der Waals surface area contributed by atoms with Gasteiger partial charge in [-0.25, -0.2) is 0 Å². The Morgan fingerprint density at radius 1 is 0.909 bits per heavy atom. The molecule has 1 aromatic carbocycles. The first-order valence-corrected chi connectivity index (χ1v) is 7.32. The lowest BCUT2D eigenvalue weighted by molar-refractivity contribution is 1.32. The van der Waals surface area contributed by atoms with Gasteiger partial charge in [0.1, 0.15) is 0 Å². The average molecular weight is 614 g/mol. The highest BCUT2D eigenvalue weighted by Gasteiger charge is 2.08. The molecule has 0 aliphatic carbocycles. The van der Waals surface area contributed by atoms with E-state index in [0.717, 1.165) is 4.90 Å². The Hall–Kier alpha value is 2.49. The molecule has 0 bridgehead atoms. The lowest BCUT2D eigenvalue weighted by Crippen LogP contribution is -1.90. The molecule has 0 aliphatic heterocycles. The van der Waals surface area contributed by atoms with Crippen molar-refractivity contribution in [2.75, 3.05) is 0 Å². The minimum Gasteiger partial charge on any atom is -0.142 e. The van der Waals surface area contributed by atoms with Gasteiger partial charge in [0.05, 0.1) is 0 Å². The predicted molar refractivity (Wildman–Crippen MR) is 84.6 cm³/mol. The number of hydrogen-bond acceptors (Lipinski definition) is 1. The predicted octanol–water partition coefficient (Wildman–Crippen LogP) is 4.39. The minimum atomic E-state index is 1.07. The normalized spacial score (nSPS) is 10.3. The standard InChI is InChI=1S/C6H2I4S/c7-2-1-3(11)5(9)6(10)4(2)8/h1,11H. The van der Waals surface area contributed by atoms with Crippen molar-refractivity contribution in [2.45, 2.75) is 4.90 Å². The third kappa shape index (κ3) is 2.72. The molecule has 0 aliphatic rings. The van der Waals surface area contributed by atoms with E-state index in [0.29, 0.717) is 0 Å². The van der Waals surface area contributed by atoms with Gasteiger partial charge >= 0.3 is 0 Å². The maximum atomic E-state index is 4.36. The van der Waals surface area contributed by atoms with E-state index in [1.54, 1.807) is 0 Å². The summed E-state index contributed by atoms with van der Waals surface area (Å²) in [6, 6.07) is 2.09. The summed E-state index contributed by atoms with van der Waals surface area (Å²) >= 11 is 13.7. The molecule has 0 aromatic heterocycles. The molecule has 0 atom stereocenters. The molecule has 0 spiro atoms. The number of rotatable bonds is 0. The maximum absolute atomic E-state index is 4.36. The van der Waals surface area contributed by atoms with Gasteiger partial charge in [-0.1, -0.05) is 0 Å². The van der Waals surface area contributed by atoms with Crippen LogP contribution in [0, 0.1) is 14.3 Å². The Labute approximate surface area is 126 Å². The van der Waals surface area contributed by atoms with Crippen molar-refractivity contribution in [3.63, 3.8) is 0 Å². The quantitative estimate of drug-likeness (QED) is 0.191. The summed E-state index contributed by atoms with van der Waals surface area (Å²) in [5, 5.41) is 0. The second-order valence-corrected chi connectivity index (χ2v) is 6.70. The van der Waals surface area contributed by atoms with Gasteiger partial charge in [0.25, 0.3) is 0 Å². The van der Waals surface area contributed by atoms with Crippen molar-refractivity contribution in [3.8, 4) is 0 Å². The van der Waals surface area contributed by atoms with Gasteiger partial charge in [0.2, 0.25) is 0 Å². The highest BCUT2D eigenvalue weighted by molar-refractivity contribution is 14.1. The largest absolute Gasteiger partial charge is 0.142 e. The van der Waals surface area contributed by atoms with Crippen LogP contribution in [0.4, 0.5) is 0 Å². The zero-order valence-corrected chi connectivity index (χ0v) is 14.6. The molecule has 0 unspecified atom stereocenters. The van der Waals surface area contributed by atoms with Crippen LogP contribution in [0.1, 0.15) is 0 Å². The van der Waals surface area contributed by atoms with E-state index in [4.69, 9.17) is 0 Å². The molecular formula is C6H2I4S. The van der Waals surface area contributed by atoms with Crippen LogP contribution < -0.4 is 0 Å². The van der Waals surface area contributed by atoms with Crippen LogP contribution in [0.3, 0.4) is 0 Å². The second kappa shape index (κ2) is 4.82. The Morgan fingerprint density at radius 2 is 1.45 bits per heavy atom. The summed E-state index contributed by atoms with van der Waals surface area (Å²) in [5.74, 6) is 0. The Kier molecular flexibility index (Phi) is 5.07. The van der Waals surface area contributed by atoms with Gasteiger partial charge in [-0.2, -0.15) is 0 Å². The molecule has 0 nitrogen and oxygen atoms in total. The van der Waals surface area contributed by atoms with Crippen LogP contribution in [0.15, 0.2) is 11.0 Å². The maximum Gasteiger partial charge on any atom is 0.0419 e. The van der Waals surface area contributed by atoms with Crippen LogP contribution in [0.2, 0.25) is 0 Å². The molecule has 0 saturated carbocycles. The van der Waals surface area contributed by atoms with Crippen LogP contribution in [-0.2, 0) is 0 Å². The fourth-order valence-electron chi connectivity index (χ4n) is 0.560. The van der Waals surface area contributed by atoms with E-state index in [2.05, 4.69) is 109 Å². The third-order valence-electron chi connectivity index (χ3n) is 1.08. The van der Waals surface area contributed by atoms with Crippen LogP contribution in [0.5, 0.6) is 0 Å². The summed E-state index contributed by atoms with van der Waals surface area (Å²) in [4.78, 5) is 1.07. The van der Waals surface area contributed by atoms with Crippen LogP contribution in [0.25, 0.3) is 0 Å². The summed E-state index contributed by atoms with van der Waals surface area (Å²) in [6.07, 6.45) is 0. The van der Waals surface area contributed by atoms with E-state index in [-0.39, 0.29) is 0 Å². The summed E-state index contributed by atoms with van der Waals surface area (Å²) in [7, 11) is 0. The van der Waals surface area contributed by atoms with E-state index in [1.807, 2.05) is 0 Å². The smallest absolute Gasteiger partial charge is 0.0419 e. The Bertz CT molecular complexity index is 271. The lowest BCUT2D eigenvalue weighted by atomic mass is 10.4. The lowest BCUT2D eigenvalue weighted by Gasteiger charge is -2.04. The first-order chi connectivity index (χ1) is 5.04. The van der Waals surface area contributed by atoms with E-state index >= 15 is 0 Å². The highest BCUT2D eigenvalue weighted by Crippen LogP contribution is 2.30. The number of hydrogen-bond donors (Lipinski definition) is 1. The molecule has 0 fully saturated rings. The van der Waals surface area contributed by atoms with Crippen molar-refractivity contribution in [2.24, 2.45) is 0 Å². The monoisotopic (exact) mass is 614 g/mol. The fourth-order valence-corrected chi connectivity index (χ4v) is 4.31. The molecule has 60 valence electrons. The topological polar surface area (TPSA) is 0 Å². The number of halogens is 4. The van der Waals surface area contributed by atoms with Gasteiger partial charge in [0.15, 0.2) is 0 Å². The molecule has 0 radical (unpaired) electrons. The van der Waals surface area contributed by atoms with Crippen molar-refractivity contribution >= 4 is 103 Å². The summed E-state index contributed by atoms with van der Waals surface area (Å²) in [6.45, 7) is 0. The second-order valence-electron chi connectivity index (χ2n) is 1.82. The van der Waals surface area contributed by atoms with E-state index in [9.17, 15) is 0 Å². The SMILES string of the molecule is Sc1cc(I)c(I)c(I)c1I. The van der Waals surface area contributed by atoms with Crippen molar-refractivity contribution in [3.05, 3.63) is 20.3 Å². The molecule has 0 N–H and O–H groups in total. The molecule has 5 heteroatoms. The van der Waals surface area contributed by atoms with Gasteiger partial charge in [-0.3, -0.25) is 0 Å².